The van der Waals surface area contributed by atoms with Crippen LogP contribution in [-0.2, 0) is 0 Å². The van der Waals surface area contributed by atoms with Gasteiger partial charge in [-0.2, -0.15) is 0 Å². The summed E-state index contributed by atoms with van der Waals surface area (Å²) in [4.78, 5) is 2.45. The fraction of sp³-hybridized carbons (Fsp3) is 0. The molecule has 2 heterocycles. The number of hydrogen-bond acceptors (Lipinski definition) is 1. The minimum Gasteiger partial charge on any atom is -0.309 e. The molecule has 0 unspecified atom stereocenters. The van der Waals surface area contributed by atoms with E-state index in [1.54, 1.807) is 0 Å². The molecular weight excluding hydrogens is 581 g/mol. The van der Waals surface area contributed by atoms with Crippen LogP contribution < -0.4 is 4.90 Å². The third-order valence-electron chi connectivity index (χ3n) is 9.88. The van der Waals surface area contributed by atoms with Gasteiger partial charge in [-0.05, 0) is 81.7 Å². The highest BCUT2D eigenvalue weighted by atomic mass is 15.2. The van der Waals surface area contributed by atoms with Crippen LogP contribution in [0.5, 0.6) is 0 Å². The van der Waals surface area contributed by atoms with Gasteiger partial charge in [0.25, 0.3) is 0 Å². The summed E-state index contributed by atoms with van der Waals surface area (Å²) in [5.41, 5.74) is 14.5. The van der Waals surface area contributed by atoms with Crippen LogP contribution in [0.15, 0.2) is 182 Å². The molecule has 1 aliphatic rings. The highest BCUT2D eigenvalue weighted by Crippen LogP contribution is 2.54. The van der Waals surface area contributed by atoms with E-state index in [2.05, 4.69) is 191 Å². The summed E-state index contributed by atoms with van der Waals surface area (Å²) >= 11 is 0. The second kappa shape index (κ2) is 10.6. The van der Waals surface area contributed by atoms with E-state index in [-0.39, 0.29) is 0 Å². The van der Waals surface area contributed by atoms with Crippen LogP contribution in [0.2, 0.25) is 0 Å². The fourth-order valence-electron chi connectivity index (χ4n) is 7.77. The maximum atomic E-state index is 2.46. The molecule has 1 aromatic heterocycles. The molecule has 0 bridgehead atoms. The maximum Gasteiger partial charge on any atom is 0.0553 e. The van der Waals surface area contributed by atoms with Gasteiger partial charge in [-0.3, -0.25) is 0 Å². The Kier molecular flexibility index (Phi) is 5.91. The first-order valence-corrected chi connectivity index (χ1v) is 16.5. The molecule has 0 spiro atoms. The third-order valence-corrected chi connectivity index (χ3v) is 9.88. The van der Waals surface area contributed by atoms with E-state index in [9.17, 15) is 0 Å². The molecule has 0 atom stereocenters. The molecule has 1 aliphatic heterocycles. The van der Waals surface area contributed by atoms with E-state index in [0.717, 1.165) is 11.4 Å². The molecule has 224 valence electrons. The predicted molar refractivity (Wildman–Crippen MR) is 203 cm³/mol. The average Bonchev–Trinajstić information content (AvgIpc) is 3.50. The number of para-hydroxylation sites is 2. The Hall–Kier alpha value is -6.38. The number of anilines is 3. The fourth-order valence-corrected chi connectivity index (χ4v) is 7.77. The minimum absolute atomic E-state index is 1.15. The SMILES string of the molecule is c1ccc(-c2ccc3c(c2)N(c2ccccc2)c2cccc4c2c-3cc2c4c3ccc(-c4ccccc4)cc3n2-c2ccccc2)cc1. The molecule has 10 rings (SSSR count). The van der Waals surface area contributed by atoms with Crippen molar-refractivity contribution in [3.63, 3.8) is 0 Å². The molecule has 0 amide bonds. The summed E-state index contributed by atoms with van der Waals surface area (Å²) in [6.45, 7) is 0. The van der Waals surface area contributed by atoms with Crippen LogP contribution in [-0.4, -0.2) is 4.57 Å². The van der Waals surface area contributed by atoms with Crippen molar-refractivity contribution in [2.45, 2.75) is 0 Å². The molecule has 0 radical (unpaired) electrons. The van der Waals surface area contributed by atoms with Crippen molar-refractivity contribution < 1.29 is 0 Å². The predicted octanol–water partition coefficient (Wildman–Crippen LogP) is 12.7. The number of rotatable bonds is 4. The Labute approximate surface area is 279 Å². The average molecular weight is 611 g/mol. The lowest BCUT2D eigenvalue weighted by Gasteiger charge is -2.34. The van der Waals surface area contributed by atoms with Gasteiger partial charge < -0.3 is 9.47 Å². The first-order valence-electron chi connectivity index (χ1n) is 16.5. The molecule has 2 nitrogen and oxygen atoms in total. The third kappa shape index (κ3) is 4.00. The van der Waals surface area contributed by atoms with E-state index in [1.165, 1.54) is 77.3 Å². The van der Waals surface area contributed by atoms with Crippen molar-refractivity contribution in [2.24, 2.45) is 0 Å². The summed E-state index contributed by atoms with van der Waals surface area (Å²) in [5, 5.41) is 5.10. The van der Waals surface area contributed by atoms with Crippen LogP contribution in [0.3, 0.4) is 0 Å². The highest BCUT2D eigenvalue weighted by molar-refractivity contribution is 6.28. The van der Waals surface area contributed by atoms with Crippen molar-refractivity contribution in [3.8, 4) is 39.1 Å². The molecule has 0 fully saturated rings. The second-order valence-corrected chi connectivity index (χ2v) is 12.6. The molecule has 48 heavy (non-hydrogen) atoms. The first-order chi connectivity index (χ1) is 23.8. The highest BCUT2D eigenvalue weighted by Gasteiger charge is 2.29. The minimum atomic E-state index is 1.15. The lowest BCUT2D eigenvalue weighted by molar-refractivity contribution is 1.18. The smallest absolute Gasteiger partial charge is 0.0553 e. The van der Waals surface area contributed by atoms with E-state index >= 15 is 0 Å². The molecule has 0 saturated carbocycles. The van der Waals surface area contributed by atoms with Crippen molar-refractivity contribution >= 4 is 49.6 Å². The summed E-state index contributed by atoms with van der Waals surface area (Å²) in [6.07, 6.45) is 0. The van der Waals surface area contributed by atoms with Crippen molar-refractivity contribution in [1.82, 2.24) is 4.57 Å². The molecule has 0 saturated heterocycles. The van der Waals surface area contributed by atoms with Gasteiger partial charge in [0.2, 0.25) is 0 Å². The van der Waals surface area contributed by atoms with Crippen molar-refractivity contribution in [3.05, 3.63) is 182 Å². The van der Waals surface area contributed by atoms with E-state index in [0.29, 0.717) is 0 Å². The number of fused-ring (bicyclic) bond motifs is 6. The Bertz CT molecular complexity index is 2640. The molecular formula is C46H30N2. The summed E-state index contributed by atoms with van der Waals surface area (Å²) in [7, 11) is 0. The summed E-state index contributed by atoms with van der Waals surface area (Å²) < 4.78 is 2.46. The molecule has 0 aliphatic carbocycles. The van der Waals surface area contributed by atoms with Gasteiger partial charge in [-0.15, -0.1) is 0 Å². The zero-order valence-corrected chi connectivity index (χ0v) is 26.2. The lowest BCUT2D eigenvalue weighted by Crippen LogP contribution is -2.15. The number of aromatic nitrogens is 1. The van der Waals surface area contributed by atoms with Crippen molar-refractivity contribution in [2.75, 3.05) is 4.90 Å². The number of hydrogen-bond donors (Lipinski definition) is 0. The van der Waals surface area contributed by atoms with E-state index in [1.807, 2.05) is 0 Å². The first kappa shape index (κ1) is 26.8. The Morgan fingerprint density at radius 1 is 0.312 bits per heavy atom. The monoisotopic (exact) mass is 610 g/mol. The molecule has 8 aromatic carbocycles. The quantitative estimate of drug-likeness (QED) is 0.192. The molecule has 2 heteroatoms. The number of nitrogens with zero attached hydrogens (tertiary/aromatic N) is 2. The topological polar surface area (TPSA) is 8.17 Å². The standard InChI is InChI=1S/C46H30N2/c1-5-14-31(15-6-1)33-24-26-37-40-30-44-45(39-22-13-23-41(46(39)40)47(42(37)28-33)35-18-9-3-10-19-35)38-27-25-34(32-16-7-2-8-17-32)29-43(38)48(44)36-20-11-4-12-21-36/h1-30H. The molecule has 0 N–H and O–H groups in total. The van der Waals surface area contributed by atoms with Gasteiger partial charge in [-0.25, -0.2) is 0 Å². The van der Waals surface area contributed by atoms with Crippen LogP contribution >= 0.6 is 0 Å². The van der Waals surface area contributed by atoms with Gasteiger partial charge in [-0.1, -0.05) is 133 Å². The van der Waals surface area contributed by atoms with Crippen LogP contribution in [0, 0.1) is 0 Å². The van der Waals surface area contributed by atoms with Crippen LogP contribution in [0.25, 0.3) is 71.6 Å². The van der Waals surface area contributed by atoms with E-state index < -0.39 is 0 Å². The van der Waals surface area contributed by atoms with Crippen LogP contribution in [0.4, 0.5) is 17.1 Å². The second-order valence-electron chi connectivity index (χ2n) is 12.6. The number of benzene rings is 8. The van der Waals surface area contributed by atoms with Gasteiger partial charge in [0.15, 0.2) is 0 Å². The van der Waals surface area contributed by atoms with Gasteiger partial charge in [0.05, 0.1) is 22.4 Å². The zero-order chi connectivity index (χ0) is 31.6. The Morgan fingerprint density at radius 2 is 0.917 bits per heavy atom. The molecule has 9 aromatic rings. The summed E-state index contributed by atoms with van der Waals surface area (Å²) in [5.74, 6) is 0. The zero-order valence-electron chi connectivity index (χ0n) is 26.2. The Balaban J connectivity index is 1.34. The lowest BCUT2D eigenvalue weighted by atomic mass is 9.87. The summed E-state index contributed by atoms with van der Waals surface area (Å²) in [6, 6.07) is 66.2. The van der Waals surface area contributed by atoms with Crippen molar-refractivity contribution in [1.29, 1.82) is 0 Å². The van der Waals surface area contributed by atoms with Gasteiger partial charge in [0, 0.05) is 33.1 Å². The normalized spacial score (nSPS) is 12.1. The van der Waals surface area contributed by atoms with E-state index in [4.69, 9.17) is 0 Å². The van der Waals surface area contributed by atoms with Gasteiger partial charge in [0.1, 0.15) is 0 Å². The Morgan fingerprint density at radius 3 is 1.60 bits per heavy atom. The maximum absolute atomic E-state index is 2.46. The van der Waals surface area contributed by atoms with Crippen LogP contribution in [0.1, 0.15) is 0 Å². The van der Waals surface area contributed by atoms with Gasteiger partial charge >= 0.3 is 0 Å². The largest absolute Gasteiger partial charge is 0.309 e.